The Morgan fingerprint density at radius 3 is 2.63 bits per heavy atom. The molecule has 0 spiro atoms. The molecule has 1 aromatic heterocycles. The second-order valence-electron chi connectivity index (χ2n) is 8.74. The fourth-order valence-corrected chi connectivity index (χ4v) is 3.74. The number of oxazole rings is 1. The van der Waals surface area contributed by atoms with Crippen LogP contribution in [0.2, 0.25) is 0 Å². The summed E-state index contributed by atoms with van der Waals surface area (Å²) < 4.78 is 35.1. The molecule has 0 bridgehead atoms. The molecule has 0 fully saturated rings. The van der Waals surface area contributed by atoms with Gasteiger partial charge in [0, 0.05) is 23.4 Å². The minimum absolute atomic E-state index is 0.0685. The van der Waals surface area contributed by atoms with Crippen molar-refractivity contribution in [3.05, 3.63) is 72.0 Å². The van der Waals surface area contributed by atoms with Crippen LogP contribution in [-0.4, -0.2) is 37.7 Å². The van der Waals surface area contributed by atoms with Crippen molar-refractivity contribution in [3.63, 3.8) is 0 Å². The minimum atomic E-state index is -0.372. The van der Waals surface area contributed by atoms with Crippen molar-refractivity contribution in [1.29, 1.82) is 0 Å². The summed E-state index contributed by atoms with van der Waals surface area (Å²) in [7, 11) is 2.87. The van der Waals surface area contributed by atoms with Crippen molar-refractivity contribution in [2.75, 3.05) is 31.5 Å². The fraction of sp³-hybridized carbons (Fsp3) is 0.250. The number of halogens is 1. The molecule has 1 heterocycles. The van der Waals surface area contributed by atoms with Gasteiger partial charge in [-0.1, -0.05) is 19.1 Å². The molecule has 0 aliphatic heterocycles. The van der Waals surface area contributed by atoms with E-state index in [2.05, 4.69) is 15.6 Å². The standard InChI is InChI=1S/C28H28FN3O6/c1-17(11-27(34)36-3)16-37-25-15-21(8-10-23(25)35-2)30-26(33)13-18-7-9-22-24(12-18)38-28(32-22)31-20-6-4-5-19(29)14-20/h4-10,12,14-15,17H,11,13,16H2,1-3H3,(H,30,33)(H,31,32). The average molecular weight is 522 g/mol. The third-order valence-corrected chi connectivity index (χ3v) is 5.61. The van der Waals surface area contributed by atoms with Gasteiger partial charge in [0.15, 0.2) is 17.1 Å². The number of nitrogens with zero attached hydrogens (tertiary/aromatic N) is 1. The van der Waals surface area contributed by atoms with Gasteiger partial charge in [-0.25, -0.2) is 4.39 Å². The molecule has 10 heteroatoms. The zero-order valence-corrected chi connectivity index (χ0v) is 21.2. The lowest BCUT2D eigenvalue weighted by molar-refractivity contribution is -0.141. The molecule has 1 atom stereocenters. The van der Waals surface area contributed by atoms with Gasteiger partial charge in [0.25, 0.3) is 6.01 Å². The second-order valence-corrected chi connectivity index (χ2v) is 8.74. The molecule has 0 aliphatic carbocycles. The van der Waals surface area contributed by atoms with Gasteiger partial charge in [0.05, 0.1) is 33.7 Å². The van der Waals surface area contributed by atoms with E-state index in [1.165, 1.54) is 26.4 Å². The second kappa shape index (κ2) is 12.1. The van der Waals surface area contributed by atoms with Gasteiger partial charge in [-0.05, 0) is 48.0 Å². The normalized spacial score (nSPS) is 11.6. The van der Waals surface area contributed by atoms with Gasteiger partial charge < -0.3 is 29.3 Å². The number of hydrogen-bond acceptors (Lipinski definition) is 8. The molecule has 0 aliphatic rings. The van der Waals surface area contributed by atoms with E-state index in [4.69, 9.17) is 18.6 Å². The lowest BCUT2D eigenvalue weighted by atomic mass is 10.1. The molecule has 4 aromatic rings. The first-order valence-electron chi connectivity index (χ1n) is 11.9. The van der Waals surface area contributed by atoms with Crippen LogP contribution >= 0.6 is 0 Å². The summed E-state index contributed by atoms with van der Waals surface area (Å²) in [6, 6.07) is 16.6. The summed E-state index contributed by atoms with van der Waals surface area (Å²) in [6.07, 6.45) is 0.328. The number of benzene rings is 3. The van der Waals surface area contributed by atoms with E-state index in [0.717, 1.165) is 5.56 Å². The van der Waals surface area contributed by atoms with Crippen LogP contribution in [0.3, 0.4) is 0 Å². The molecule has 4 rings (SSSR count). The molecule has 0 radical (unpaired) electrons. The number of methoxy groups -OCH3 is 2. The van der Waals surface area contributed by atoms with Gasteiger partial charge in [-0.2, -0.15) is 4.98 Å². The Hall–Kier alpha value is -4.60. The van der Waals surface area contributed by atoms with Gasteiger partial charge in [0.1, 0.15) is 11.3 Å². The van der Waals surface area contributed by atoms with Crippen LogP contribution in [0.5, 0.6) is 11.5 Å². The highest BCUT2D eigenvalue weighted by atomic mass is 19.1. The number of ether oxygens (including phenoxy) is 3. The Morgan fingerprint density at radius 1 is 1.03 bits per heavy atom. The Kier molecular flexibility index (Phi) is 8.42. The number of aromatic nitrogens is 1. The lowest BCUT2D eigenvalue weighted by Gasteiger charge is -2.15. The predicted molar refractivity (Wildman–Crippen MR) is 140 cm³/mol. The van der Waals surface area contributed by atoms with Crippen LogP contribution in [0.25, 0.3) is 11.1 Å². The monoisotopic (exact) mass is 521 g/mol. The number of carbonyl (C=O) groups is 2. The summed E-state index contributed by atoms with van der Waals surface area (Å²) in [5.74, 6) is -0.0343. The van der Waals surface area contributed by atoms with Crippen LogP contribution in [0, 0.1) is 11.7 Å². The van der Waals surface area contributed by atoms with Crippen LogP contribution < -0.4 is 20.1 Å². The van der Waals surface area contributed by atoms with Gasteiger partial charge in [-0.15, -0.1) is 0 Å². The molecule has 198 valence electrons. The number of nitrogens with one attached hydrogen (secondary N) is 2. The first kappa shape index (κ1) is 26.5. The highest BCUT2D eigenvalue weighted by Gasteiger charge is 2.14. The third kappa shape index (κ3) is 7.00. The maximum atomic E-state index is 13.4. The summed E-state index contributed by atoms with van der Waals surface area (Å²) in [4.78, 5) is 28.6. The molecule has 3 aromatic carbocycles. The Morgan fingerprint density at radius 2 is 1.87 bits per heavy atom. The topological polar surface area (TPSA) is 112 Å². The van der Waals surface area contributed by atoms with E-state index in [0.29, 0.717) is 34.0 Å². The van der Waals surface area contributed by atoms with Crippen LogP contribution in [0.15, 0.2) is 65.1 Å². The summed E-state index contributed by atoms with van der Waals surface area (Å²) >= 11 is 0. The van der Waals surface area contributed by atoms with Crippen LogP contribution in [0.4, 0.5) is 21.8 Å². The lowest BCUT2D eigenvalue weighted by Crippen LogP contribution is -2.16. The van der Waals surface area contributed by atoms with E-state index in [1.54, 1.807) is 48.5 Å². The predicted octanol–water partition coefficient (Wildman–Crippen LogP) is 5.48. The minimum Gasteiger partial charge on any atom is -0.493 e. The van der Waals surface area contributed by atoms with Crippen molar-refractivity contribution < 1.29 is 32.6 Å². The first-order chi connectivity index (χ1) is 18.3. The number of carbonyl (C=O) groups excluding carboxylic acids is 2. The molecule has 2 N–H and O–H groups in total. The number of hydrogen-bond donors (Lipinski definition) is 2. The van der Waals surface area contributed by atoms with Crippen molar-refractivity contribution in [2.45, 2.75) is 19.8 Å². The van der Waals surface area contributed by atoms with E-state index in [1.807, 2.05) is 6.92 Å². The third-order valence-electron chi connectivity index (χ3n) is 5.61. The maximum Gasteiger partial charge on any atom is 0.305 e. The Balaban J connectivity index is 1.39. The zero-order chi connectivity index (χ0) is 27.1. The van der Waals surface area contributed by atoms with E-state index in [-0.39, 0.29) is 49.1 Å². The van der Waals surface area contributed by atoms with Crippen molar-refractivity contribution >= 4 is 40.4 Å². The Labute approximate surface area is 218 Å². The SMILES string of the molecule is COC(=O)CC(C)COc1cc(NC(=O)Cc2ccc3nc(Nc4cccc(F)c4)oc3c2)ccc1OC. The highest BCUT2D eigenvalue weighted by Crippen LogP contribution is 2.31. The molecule has 1 amide bonds. The smallest absolute Gasteiger partial charge is 0.305 e. The number of amides is 1. The molecule has 0 saturated heterocycles. The highest BCUT2D eigenvalue weighted by molar-refractivity contribution is 5.93. The molecular formula is C28H28FN3O6. The molecule has 38 heavy (non-hydrogen) atoms. The molecule has 0 saturated carbocycles. The average Bonchev–Trinajstić information content (AvgIpc) is 3.28. The Bertz CT molecular complexity index is 1440. The number of fused-ring (bicyclic) bond motifs is 1. The first-order valence-corrected chi connectivity index (χ1v) is 11.9. The van der Waals surface area contributed by atoms with Gasteiger partial charge in [-0.3, -0.25) is 9.59 Å². The van der Waals surface area contributed by atoms with Crippen LogP contribution in [0.1, 0.15) is 18.9 Å². The quantitative estimate of drug-likeness (QED) is 0.250. The zero-order valence-electron chi connectivity index (χ0n) is 21.2. The largest absolute Gasteiger partial charge is 0.493 e. The number of anilines is 3. The number of esters is 1. The molecule has 1 unspecified atom stereocenters. The van der Waals surface area contributed by atoms with Crippen molar-refractivity contribution in [3.8, 4) is 11.5 Å². The maximum absolute atomic E-state index is 13.4. The van der Waals surface area contributed by atoms with Crippen molar-refractivity contribution in [2.24, 2.45) is 5.92 Å². The van der Waals surface area contributed by atoms with Crippen molar-refractivity contribution in [1.82, 2.24) is 4.98 Å². The number of rotatable bonds is 11. The van der Waals surface area contributed by atoms with E-state index in [9.17, 15) is 14.0 Å². The summed E-state index contributed by atoms with van der Waals surface area (Å²) in [6.45, 7) is 2.15. The molecular weight excluding hydrogens is 493 g/mol. The van der Waals surface area contributed by atoms with Crippen LogP contribution in [-0.2, 0) is 20.7 Å². The van der Waals surface area contributed by atoms with Gasteiger partial charge in [0.2, 0.25) is 5.91 Å². The fourth-order valence-electron chi connectivity index (χ4n) is 3.74. The van der Waals surface area contributed by atoms with Gasteiger partial charge >= 0.3 is 5.97 Å². The van der Waals surface area contributed by atoms with E-state index < -0.39 is 0 Å². The van der Waals surface area contributed by atoms with E-state index >= 15 is 0 Å². The summed E-state index contributed by atoms with van der Waals surface area (Å²) in [5, 5.41) is 5.79. The summed E-state index contributed by atoms with van der Waals surface area (Å²) in [5.41, 5.74) is 2.87. The molecule has 9 nitrogen and oxygen atoms in total.